The number of ether oxygens (including phenoxy) is 1. The van der Waals surface area contributed by atoms with Crippen LogP contribution in [0.25, 0.3) is 0 Å². The van der Waals surface area contributed by atoms with E-state index in [1.807, 2.05) is 0 Å². The van der Waals surface area contributed by atoms with Gasteiger partial charge in [0.05, 0.1) is 6.61 Å². The Balaban J connectivity index is 2.98. The maximum absolute atomic E-state index is 5.57. The molecular formula is C12H27NO. The number of hydrogen-bond acceptors (Lipinski definition) is 2. The fraction of sp³-hybridized carbons (Fsp3) is 1.00. The van der Waals surface area contributed by atoms with E-state index >= 15 is 0 Å². The van der Waals surface area contributed by atoms with Crippen molar-refractivity contribution < 1.29 is 4.74 Å². The van der Waals surface area contributed by atoms with E-state index < -0.39 is 0 Å². The van der Waals surface area contributed by atoms with Gasteiger partial charge in [-0.1, -0.05) is 33.6 Å². The molecule has 0 rings (SSSR count). The lowest BCUT2D eigenvalue weighted by Gasteiger charge is -2.10. The van der Waals surface area contributed by atoms with E-state index in [9.17, 15) is 0 Å². The molecular weight excluding hydrogens is 174 g/mol. The van der Waals surface area contributed by atoms with Crippen LogP contribution in [0.5, 0.6) is 0 Å². The van der Waals surface area contributed by atoms with E-state index in [4.69, 9.17) is 4.74 Å². The van der Waals surface area contributed by atoms with Crippen molar-refractivity contribution in [2.75, 3.05) is 26.3 Å². The first kappa shape index (κ1) is 13.9. The smallest absolute Gasteiger partial charge is 0.0591 e. The lowest BCUT2D eigenvalue weighted by Crippen LogP contribution is -2.21. The first-order chi connectivity index (χ1) is 6.81. The number of hydrogen-bond donors (Lipinski definition) is 1. The molecule has 0 bridgehead atoms. The van der Waals surface area contributed by atoms with Gasteiger partial charge in [-0.3, -0.25) is 0 Å². The van der Waals surface area contributed by atoms with E-state index in [0.717, 1.165) is 32.2 Å². The Hall–Kier alpha value is -0.0800. The molecule has 0 heterocycles. The minimum Gasteiger partial charge on any atom is -0.380 e. The van der Waals surface area contributed by atoms with Crippen molar-refractivity contribution in [3.05, 3.63) is 0 Å². The van der Waals surface area contributed by atoms with Crippen LogP contribution in [0.2, 0.25) is 0 Å². The summed E-state index contributed by atoms with van der Waals surface area (Å²) in [6, 6.07) is 0. The summed E-state index contributed by atoms with van der Waals surface area (Å²) in [6.45, 7) is 10.6. The minimum atomic E-state index is 0.718. The van der Waals surface area contributed by atoms with Crippen LogP contribution in [0.4, 0.5) is 0 Å². The molecule has 0 radical (unpaired) electrons. The lowest BCUT2D eigenvalue weighted by molar-refractivity contribution is 0.103. The highest BCUT2D eigenvalue weighted by atomic mass is 16.5. The number of unbranched alkanes of at least 4 members (excludes halogenated alkanes) is 1. The second-order valence-corrected chi connectivity index (χ2v) is 4.07. The molecule has 0 amide bonds. The molecule has 0 aromatic heterocycles. The van der Waals surface area contributed by atoms with Crippen LogP contribution in [0.3, 0.4) is 0 Å². The van der Waals surface area contributed by atoms with Gasteiger partial charge in [0.15, 0.2) is 0 Å². The summed E-state index contributed by atoms with van der Waals surface area (Å²) >= 11 is 0. The molecule has 0 spiro atoms. The Morgan fingerprint density at radius 1 is 1.14 bits per heavy atom. The molecule has 0 saturated carbocycles. The quantitative estimate of drug-likeness (QED) is 0.549. The maximum Gasteiger partial charge on any atom is 0.0591 e. The van der Waals surface area contributed by atoms with Gasteiger partial charge < -0.3 is 10.1 Å². The Bertz CT molecular complexity index is 106. The SMILES string of the molecule is CCCCNCCOCC(C)CCC. The monoisotopic (exact) mass is 201 g/mol. The van der Waals surface area contributed by atoms with Crippen molar-refractivity contribution in [1.82, 2.24) is 5.32 Å². The molecule has 14 heavy (non-hydrogen) atoms. The van der Waals surface area contributed by atoms with Crippen LogP contribution in [-0.4, -0.2) is 26.3 Å². The molecule has 0 aliphatic rings. The third-order valence-electron chi connectivity index (χ3n) is 2.31. The van der Waals surface area contributed by atoms with Gasteiger partial charge in [0.2, 0.25) is 0 Å². The van der Waals surface area contributed by atoms with E-state index in [2.05, 4.69) is 26.1 Å². The Labute approximate surface area is 89.4 Å². The topological polar surface area (TPSA) is 21.3 Å². The van der Waals surface area contributed by atoms with E-state index in [-0.39, 0.29) is 0 Å². The summed E-state index contributed by atoms with van der Waals surface area (Å²) in [5, 5.41) is 3.37. The number of rotatable bonds is 10. The zero-order valence-corrected chi connectivity index (χ0v) is 10.1. The first-order valence-electron chi connectivity index (χ1n) is 6.09. The first-order valence-corrected chi connectivity index (χ1v) is 6.09. The standard InChI is InChI=1S/C12H27NO/c1-4-6-8-13-9-10-14-11-12(3)7-5-2/h12-13H,4-11H2,1-3H3. The summed E-state index contributed by atoms with van der Waals surface area (Å²) in [6.07, 6.45) is 5.08. The highest BCUT2D eigenvalue weighted by molar-refractivity contribution is 4.50. The van der Waals surface area contributed by atoms with Gasteiger partial charge in [0.25, 0.3) is 0 Å². The molecule has 0 aliphatic heterocycles. The normalized spacial score (nSPS) is 13.1. The van der Waals surface area contributed by atoms with Crippen molar-refractivity contribution in [3.8, 4) is 0 Å². The van der Waals surface area contributed by atoms with Gasteiger partial charge in [0, 0.05) is 13.2 Å². The van der Waals surface area contributed by atoms with Gasteiger partial charge in [-0.25, -0.2) is 0 Å². The van der Waals surface area contributed by atoms with Crippen molar-refractivity contribution in [2.45, 2.75) is 46.5 Å². The van der Waals surface area contributed by atoms with Gasteiger partial charge in [0.1, 0.15) is 0 Å². The molecule has 0 fully saturated rings. The van der Waals surface area contributed by atoms with Gasteiger partial charge in [-0.2, -0.15) is 0 Å². The highest BCUT2D eigenvalue weighted by Crippen LogP contribution is 2.04. The molecule has 2 heteroatoms. The Morgan fingerprint density at radius 3 is 2.57 bits per heavy atom. The zero-order chi connectivity index (χ0) is 10.6. The average Bonchev–Trinajstić information content (AvgIpc) is 2.17. The fourth-order valence-electron chi connectivity index (χ4n) is 1.43. The molecule has 0 aromatic rings. The summed E-state index contributed by atoms with van der Waals surface area (Å²) in [4.78, 5) is 0. The summed E-state index contributed by atoms with van der Waals surface area (Å²) < 4.78 is 5.57. The van der Waals surface area contributed by atoms with Gasteiger partial charge in [-0.05, 0) is 25.3 Å². The highest BCUT2D eigenvalue weighted by Gasteiger charge is 1.99. The van der Waals surface area contributed by atoms with E-state index in [1.165, 1.54) is 25.7 Å². The maximum atomic E-state index is 5.57. The molecule has 1 atom stereocenters. The number of nitrogens with one attached hydrogen (secondary N) is 1. The third-order valence-corrected chi connectivity index (χ3v) is 2.31. The Kier molecular flexibility index (Phi) is 10.9. The molecule has 0 aliphatic carbocycles. The van der Waals surface area contributed by atoms with Gasteiger partial charge in [-0.15, -0.1) is 0 Å². The summed E-state index contributed by atoms with van der Waals surface area (Å²) in [7, 11) is 0. The van der Waals surface area contributed by atoms with Crippen LogP contribution in [0.15, 0.2) is 0 Å². The van der Waals surface area contributed by atoms with Gasteiger partial charge >= 0.3 is 0 Å². The van der Waals surface area contributed by atoms with Crippen molar-refractivity contribution in [2.24, 2.45) is 5.92 Å². The summed E-state index contributed by atoms with van der Waals surface area (Å²) in [5.74, 6) is 0.718. The van der Waals surface area contributed by atoms with E-state index in [0.29, 0.717) is 0 Å². The predicted octanol–water partition coefficient (Wildman–Crippen LogP) is 2.83. The second kappa shape index (κ2) is 11.0. The van der Waals surface area contributed by atoms with Crippen LogP contribution in [0.1, 0.15) is 46.5 Å². The van der Waals surface area contributed by atoms with Crippen LogP contribution >= 0.6 is 0 Å². The molecule has 2 nitrogen and oxygen atoms in total. The van der Waals surface area contributed by atoms with E-state index in [1.54, 1.807) is 0 Å². The zero-order valence-electron chi connectivity index (χ0n) is 10.1. The summed E-state index contributed by atoms with van der Waals surface area (Å²) in [5.41, 5.74) is 0. The average molecular weight is 201 g/mol. The molecule has 1 unspecified atom stereocenters. The second-order valence-electron chi connectivity index (χ2n) is 4.07. The Morgan fingerprint density at radius 2 is 1.93 bits per heavy atom. The van der Waals surface area contributed by atoms with Crippen LogP contribution in [0, 0.1) is 5.92 Å². The minimum absolute atomic E-state index is 0.718. The van der Waals surface area contributed by atoms with Crippen LogP contribution < -0.4 is 5.32 Å². The fourth-order valence-corrected chi connectivity index (χ4v) is 1.43. The molecule has 86 valence electrons. The largest absolute Gasteiger partial charge is 0.380 e. The van der Waals surface area contributed by atoms with Crippen molar-refractivity contribution in [3.63, 3.8) is 0 Å². The van der Waals surface area contributed by atoms with Crippen molar-refractivity contribution >= 4 is 0 Å². The molecule has 0 saturated heterocycles. The van der Waals surface area contributed by atoms with Crippen LogP contribution in [-0.2, 0) is 4.74 Å². The van der Waals surface area contributed by atoms with Crippen molar-refractivity contribution in [1.29, 1.82) is 0 Å². The molecule has 1 N–H and O–H groups in total. The molecule has 0 aromatic carbocycles. The third kappa shape index (κ3) is 10.0. The lowest BCUT2D eigenvalue weighted by atomic mass is 10.1. The predicted molar refractivity (Wildman–Crippen MR) is 62.7 cm³/mol.